The molecule has 1 saturated heterocycles. The molecule has 5 rings (SSSR count). The van der Waals surface area contributed by atoms with E-state index in [1.807, 2.05) is 0 Å². The first-order valence-corrected chi connectivity index (χ1v) is 13.2. The van der Waals surface area contributed by atoms with Gasteiger partial charge < -0.3 is 15.3 Å². The molecule has 3 aliphatic rings. The molecular weight excluding hydrogens is 515 g/mol. The number of thiophene rings is 1. The third-order valence-corrected chi connectivity index (χ3v) is 8.88. The van der Waals surface area contributed by atoms with Crippen molar-refractivity contribution in [3.8, 4) is 0 Å². The van der Waals surface area contributed by atoms with Crippen molar-refractivity contribution in [2.24, 2.45) is 5.41 Å². The van der Waals surface area contributed by atoms with Gasteiger partial charge in [0.15, 0.2) is 0 Å². The third kappa shape index (κ3) is 5.14. The van der Waals surface area contributed by atoms with Crippen LogP contribution in [0.2, 0.25) is 5.02 Å². The lowest BCUT2D eigenvalue weighted by molar-refractivity contribution is -0.140. The van der Waals surface area contributed by atoms with Crippen LogP contribution in [0.4, 0.5) is 13.2 Å². The Hall–Kier alpha value is -2.14. The second-order valence-corrected chi connectivity index (χ2v) is 11.5. The molecule has 2 aromatic rings. The minimum Gasteiger partial charge on any atom is -0.394 e. The molecule has 0 radical (unpaired) electrons. The predicted octanol–water partition coefficient (Wildman–Crippen LogP) is 4.01. The van der Waals surface area contributed by atoms with Gasteiger partial charge in [-0.1, -0.05) is 17.7 Å². The number of benzene rings is 1. The van der Waals surface area contributed by atoms with E-state index in [9.17, 15) is 27.9 Å². The van der Waals surface area contributed by atoms with Crippen LogP contribution >= 0.6 is 22.9 Å². The number of aliphatic hydroxyl groups excluding tert-OH is 1. The number of alkyl halides is 3. The van der Waals surface area contributed by atoms with Crippen molar-refractivity contribution in [1.82, 2.24) is 15.1 Å². The Morgan fingerprint density at radius 2 is 2.06 bits per heavy atom. The van der Waals surface area contributed by atoms with E-state index >= 15 is 0 Å². The SMILES string of the molecule is O=C(N[C@H](CO)c1ccc(Cl)c(C(F)(F)F)c1)[C@H]1CC2(CC2)CN1C(=O)CN1CCc2sccc2C1. The third-order valence-electron chi connectivity index (χ3n) is 7.53. The van der Waals surface area contributed by atoms with Gasteiger partial charge in [0.25, 0.3) is 0 Å². The monoisotopic (exact) mass is 541 g/mol. The highest BCUT2D eigenvalue weighted by Crippen LogP contribution is 2.55. The number of hydrogen-bond donors (Lipinski definition) is 2. The number of amides is 2. The molecule has 1 aromatic carbocycles. The molecule has 1 saturated carbocycles. The van der Waals surface area contributed by atoms with Crippen LogP contribution in [0.3, 0.4) is 0 Å². The molecule has 1 aromatic heterocycles. The van der Waals surface area contributed by atoms with E-state index in [0.717, 1.165) is 37.9 Å². The van der Waals surface area contributed by atoms with Crippen molar-refractivity contribution >= 4 is 34.8 Å². The lowest BCUT2D eigenvalue weighted by Crippen LogP contribution is -2.50. The van der Waals surface area contributed by atoms with Gasteiger partial charge in [-0.25, -0.2) is 0 Å². The van der Waals surface area contributed by atoms with Crippen molar-refractivity contribution in [1.29, 1.82) is 0 Å². The quantitative estimate of drug-likeness (QED) is 0.580. The molecule has 0 bridgehead atoms. The average Bonchev–Trinajstić information content (AvgIpc) is 3.24. The maximum absolute atomic E-state index is 13.3. The van der Waals surface area contributed by atoms with Gasteiger partial charge in [0.2, 0.25) is 11.8 Å². The first-order chi connectivity index (χ1) is 17.1. The van der Waals surface area contributed by atoms with Gasteiger partial charge >= 0.3 is 6.18 Å². The summed E-state index contributed by atoms with van der Waals surface area (Å²) in [6.45, 7) is 1.60. The highest BCUT2D eigenvalue weighted by atomic mass is 35.5. The van der Waals surface area contributed by atoms with Gasteiger partial charge in [-0.15, -0.1) is 11.3 Å². The Labute approximate surface area is 216 Å². The van der Waals surface area contributed by atoms with E-state index in [4.69, 9.17) is 11.6 Å². The molecule has 1 spiro atoms. The molecule has 2 fully saturated rings. The van der Waals surface area contributed by atoms with E-state index in [2.05, 4.69) is 21.7 Å². The number of rotatable bonds is 6. The van der Waals surface area contributed by atoms with E-state index in [1.165, 1.54) is 16.5 Å². The van der Waals surface area contributed by atoms with Crippen molar-refractivity contribution in [2.75, 3.05) is 26.2 Å². The Kier molecular flexibility index (Phi) is 6.82. The van der Waals surface area contributed by atoms with Crippen LogP contribution in [0.5, 0.6) is 0 Å². The molecule has 194 valence electrons. The summed E-state index contributed by atoms with van der Waals surface area (Å²) >= 11 is 7.44. The average molecular weight is 542 g/mol. The first-order valence-electron chi connectivity index (χ1n) is 11.9. The summed E-state index contributed by atoms with van der Waals surface area (Å²) in [5, 5.41) is 14.2. The fourth-order valence-electron chi connectivity index (χ4n) is 5.29. The smallest absolute Gasteiger partial charge is 0.394 e. The zero-order valence-electron chi connectivity index (χ0n) is 19.5. The molecule has 11 heteroatoms. The summed E-state index contributed by atoms with van der Waals surface area (Å²) in [4.78, 5) is 31.7. The Morgan fingerprint density at radius 1 is 1.28 bits per heavy atom. The van der Waals surface area contributed by atoms with E-state index < -0.39 is 41.4 Å². The van der Waals surface area contributed by atoms with E-state index in [0.29, 0.717) is 19.5 Å². The Balaban J connectivity index is 1.29. The lowest BCUT2D eigenvalue weighted by atomic mass is 10.0. The van der Waals surface area contributed by atoms with Crippen LogP contribution in [0.25, 0.3) is 0 Å². The van der Waals surface area contributed by atoms with Gasteiger partial charge in [-0.2, -0.15) is 13.2 Å². The summed E-state index contributed by atoms with van der Waals surface area (Å²) < 4.78 is 39.9. The Morgan fingerprint density at radius 3 is 2.75 bits per heavy atom. The number of nitrogens with zero attached hydrogens (tertiary/aromatic N) is 2. The zero-order valence-corrected chi connectivity index (χ0v) is 21.1. The molecule has 1 aliphatic carbocycles. The van der Waals surface area contributed by atoms with Gasteiger partial charge in [-0.05, 0) is 65.8 Å². The normalized spacial score (nSPS) is 21.9. The second kappa shape index (κ2) is 9.63. The Bertz CT molecular complexity index is 1170. The van der Waals surface area contributed by atoms with Crippen molar-refractivity contribution in [3.05, 3.63) is 56.2 Å². The molecule has 2 atom stereocenters. The minimum absolute atomic E-state index is 0.0570. The molecule has 0 unspecified atom stereocenters. The highest BCUT2D eigenvalue weighted by Gasteiger charge is 2.55. The number of carbonyl (C=O) groups excluding carboxylic acids is 2. The predicted molar refractivity (Wildman–Crippen MR) is 130 cm³/mol. The van der Waals surface area contributed by atoms with Crippen LogP contribution in [0.1, 0.15) is 46.9 Å². The number of hydrogen-bond acceptors (Lipinski definition) is 5. The standard InChI is InChI=1S/C25H27ClF3N3O3S/c26-18-2-1-15(9-17(18)25(27,28)29)19(13-33)30-23(35)20-10-24(5-6-24)14-32(20)22(34)12-31-7-3-21-16(11-31)4-8-36-21/h1-2,4,8-9,19-20,33H,3,5-7,10-14H2,(H,30,35)/t19-,20-/m1/s1. The van der Waals surface area contributed by atoms with Gasteiger partial charge in [0, 0.05) is 24.5 Å². The van der Waals surface area contributed by atoms with Gasteiger partial charge in [0.05, 0.1) is 29.8 Å². The van der Waals surface area contributed by atoms with Crippen molar-refractivity contribution in [2.45, 2.75) is 50.5 Å². The topological polar surface area (TPSA) is 72.9 Å². The molecule has 3 heterocycles. The summed E-state index contributed by atoms with van der Waals surface area (Å²) in [6.07, 6.45) is -1.36. The molecule has 2 amide bonds. The fourth-order valence-corrected chi connectivity index (χ4v) is 6.41. The maximum atomic E-state index is 13.3. The molecule has 2 aliphatic heterocycles. The number of aliphatic hydroxyl groups is 1. The minimum atomic E-state index is -4.66. The fraction of sp³-hybridized carbons (Fsp3) is 0.520. The molecule has 6 nitrogen and oxygen atoms in total. The largest absolute Gasteiger partial charge is 0.417 e. The van der Waals surface area contributed by atoms with E-state index in [1.54, 1.807) is 16.2 Å². The van der Waals surface area contributed by atoms with Crippen molar-refractivity contribution in [3.63, 3.8) is 0 Å². The van der Waals surface area contributed by atoms with Crippen LogP contribution in [0, 0.1) is 5.41 Å². The summed E-state index contributed by atoms with van der Waals surface area (Å²) in [6, 6.07) is 3.62. The maximum Gasteiger partial charge on any atom is 0.417 e. The summed E-state index contributed by atoms with van der Waals surface area (Å²) in [5.41, 5.74) is 0.248. The number of fused-ring (bicyclic) bond motifs is 1. The van der Waals surface area contributed by atoms with Gasteiger partial charge in [0.1, 0.15) is 6.04 Å². The number of likely N-dealkylation sites (tertiary alicyclic amines) is 1. The number of carbonyl (C=O) groups is 2. The number of halogens is 4. The van der Waals surface area contributed by atoms with Gasteiger partial charge in [-0.3, -0.25) is 14.5 Å². The zero-order chi connectivity index (χ0) is 25.7. The van der Waals surface area contributed by atoms with E-state index in [-0.39, 0.29) is 23.4 Å². The van der Waals surface area contributed by atoms with Crippen LogP contribution in [-0.4, -0.2) is 59.0 Å². The van der Waals surface area contributed by atoms with Crippen molar-refractivity contribution < 1.29 is 27.9 Å². The molecular formula is C25H27ClF3N3O3S. The van der Waals surface area contributed by atoms with Crippen LogP contribution < -0.4 is 5.32 Å². The summed E-state index contributed by atoms with van der Waals surface area (Å²) in [7, 11) is 0. The molecule has 2 N–H and O–H groups in total. The highest BCUT2D eigenvalue weighted by molar-refractivity contribution is 7.10. The molecule has 36 heavy (non-hydrogen) atoms. The van der Waals surface area contributed by atoms with Crippen LogP contribution in [-0.2, 0) is 28.7 Å². The van der Waals surface area contributed by atoms with Crippen LogP contribution in [0.15, 0.2) is 29.6 Å². The lowest BCUT2D eigenvalue weighted by Gasteiger charge is -2.31. The first kappa shape index (κ1) is 25.5. The number of nitrogens with one attached hydrogen (secondary N) is 1. The second-order valence-electron chi connectivity index (χ2n) is 10.1. The summed E-state index contributed by atoms with van der Waals surface area (Å²) in [5.74, 6) is -0.586.